The van der Waals surface area contributed by atoms with Crippen molar-refractivity contribution >= 4 is 23.8 Å². The molecular formula is C15H27N3O6. The molecule has 1 unspecified atom stereocenters. The second-order valence-corrected chi connectivity index (χ2v) is 5.83. The summed E-state index contributed by atoms with van der Waals surface area (Å²) < 4.78 is 10.0. The summed E-state index contributed by atoms with van der Waals surface area (Å²) in [6.07, 6.45) is -0.612. The minimum absolute atomic E-state index is 0.00394. The van der Waals surface area contributed by atoms with Gasteiger partial charge in [-0.05, 0) is 18.8 Å². The first-order valence-electron chi connectivity index (χ1n) is 7.81. The van der Waals surface area contributed by atoms with E-state index in [1.165, 1.54) is 0 Å². The van der Waals surface area contributed by atoms with Crippen LogP contribution in [0.3, 0.4) is 0 Å². The number of primary amides is 2. The third-order valence-corrected chi connectivity index (χ3v) is 3.20. The van der Waals surface area contributed by atoms with Crippen molar-refractivity contribution in [3.05, 3.63) is 0 Å². The highest BCUT2D eigenvalue weighted by molar-refractivity contribution is 5.77. The number of carbonyl (C=O) groups excluding carboxylic acids is 4. The Morgan fingerprint density at radius 1 is 1.00 bits per heavy atom. The maximum atomic E-state index is 11.7. The van der Waals surface area contributed by atoms with E-state index in [1.807, 2.05) is 0 Å². The SMILES string of the molecule is CC(C)[C@H](N)C(=O)OCCCC(=O)OC(CCC(N)=O)CC(N)=O. The van der Waals surface area contributed by atoms with Crippen molar-refractivity contribution in [2.75, 3.05) is 6.61 Å². The van der Waals surface area contributed by atoms with Gasteiger partial charge in [-0.15, -0.1) is 0 Å². The van der Waals surface area contributed by atoms with Crippen LogP contribution in [0.5, 0.6) is 0 Å². The summed E-state index contributed by atoms with van der Waals surface area (Å²) in [4.78, 5) is 44.9. The zero-order valence-electron chi connectivity index (χ0n) is 14.2. The first kappa shape index (κ1) is 21.8. The number of hydrogen-bond acceptors (Lipinski definition) is 7. The number of esters is 2. The van der Waals surface area contributed by atoms with Gasteiger partial charge in [0, 0.05) is 12.8 Å². The van der Waals surface area contributed by atoms with E-state index in [0.29, 0.717) is 0 Å². The van der Waals surface area contributed by atoms with Crippen molar-refractivity contribution < 1.29 is 28.7 Å². The zero-order valence-corrected chi connectivity index (χ0v) is 14.2. The molecule has 0 bridgehead atoms. The predicted octanol–water partition coefficient (Wildman–Crippen LogP) is -0.654. The van der Waals surface area contributed by atoms with Gasteiger partial charge in [-0.1, -0.05) is 13.8 Å². The lowest BCUT2D eigenvalue weighted by Crippen LogP contribution is -2.37. The Bertz CT molecular complexity index is 452. The topological polar surface area (TPSA) is 165 Å². The molecule has 0 saturated heterocycles. The van der Waals surface area contributed by atoms with Crippen LogP contribution in [0.1, 0.15) is 46.0 Å². The van der Waals surface area contributed by atoms with E-state index in [9.17, 15) is 19.2 Å². The Hall–Kier alpha value is -2.16. The molecule has 0 spiro atoms. The Kier molecular flexibility index (Phi) is 10.4. The summed E-state index contributed by atoms with van der Waals surface area (Å²) in [7, 11) is 0. The third kappa shape index (κ3) is 10.5. The summed E-state index contributed by atoms with van der Waals surface area (Å²) in [5.74, 6) is -2.34. The van der Waals surface area contributed by atoms with Crippen LogP contribution in [-0.2, 0) is 28.7 Å². The van der Waals surface area contributed by atoms with Gasteiger partial charge in [0.2, 0.25) is 11.8 Å². The first-order chi connectivity index (χ1) is 11.1. The Labute approximate surface area is 141 Å². The van der Waals surface area contributed by atoms with Crippen LogP contribution in [0.2, 0.25) is 0 Å². The van der Waals surface area contributed by atoms with E-state index in [1.54, 1.807) is 13.8 Å². The van der Waals surface area contributed by atoms with E-state index in [2.05, 4.69) is 0 Å². The van der Waals surface area contributed by atoms with E-state index < -0.39 is 35.9 Å². The molecule has 0 aromatic carbocycles. The molecule has 138 valence electrons. The fourth-order valence-corrected chi connectivity index (χ4v) is 1.73. The second-order valence-electron chi connectivity index (χ2n) is 5.83. The van der Waals surface area contributed by atoms with Crippen LogP contribution < -0.4 is 17.2 Å². The van der Waals surface area contributed by atoms with E-state index in [-0.39, 0.29) is 44.6 Å². The number of carbonyl (C=O) groups is 4. The van der Waals surface area contributed by atoms with Gasteiger partial charge in [0.15, 0.2) is 0 Å². The molecular weight excluding hydrogens is 318 g/mol. The first-order valence-corrected chi connectivity index (χ1v) is 7.81. The summed E-state index contributed by atoms with van der Waals surface area (Å²) in [6, 6.07) is -0.703. The second kappa shape index (κ2) is 11.4. The zero-order chi connectivity index (χ0) is 18.7. The number of amides is 2. The van der Waals surface area contributed by atoms with Crippen LogP contribution in [0.15, 0.2) is 0 Å². The quantitative estimate of drug-likeness (QED) is 0.312. The summed E-state index contributed by atoms with van der Waals surface area (Å²) >= 11 is 0. The molecule has 0 aliphatic heterocycles. The van der Waals surface area contributed by atoms with Gasteiger partial charge >= 0.3 is 11.9 Å². The average Bonchev–Trinajstić information content (AvgIpc) is 2.47. The van der Waals surface area contributed by atoms with Crippen LogP contribution >= 0.6 is 0 Å². The van der Waals surface area contributed by atoms with Crippen LogP contribution in [0.25, 0.3) is 0 Å². The number of nitrogens with two attached hydrogens (primary N) is 3. The molecule has 0 fully saturated rings. The molecule has 0 heterocycles. The van der Waals surface area contributed by atoms with E-state index in [4.69, 9.17) is 26.7 Å². The summed E-state index contributed by atoms with van der Waals surface area (Å²) in [6.45, 7) is 3.64. The van der Waals surface area contributed by atoms with Gasteiger partial charge in [0.25, 0.3) is 0 Å². The molecule has 9 nitrogen and oxygen atoms in total. The highest BCUT2D eigenvalue weighted by Gasteiger charge is 2.20. The van der Waals surface area contributed by atoms with Gasteiger partial charge < -0.3 is 26.7 Å². The van der Waals surface area contributed by atoms with Crippen molar-refractivity contribution in [2.24, 2.45) is 23.1 Å². The maximum absolute atomic E-state index is 11.7. The molecule has 2 amide bonds. The minimum atomic E-state index is -0.792. The maximum Gasteiger partial charge on any atom is 0.323 e. The van der Waals surface area contributed by atoms with E-state index in [0.717, 1.165) is 0 Å². The Balaban J connectivity index is 4.13. The van der Waals surface area contributed by atoms with E-state index >= 15 is 0 Å². The normalized spacial score (nSPS) is 13.2. The van der Waals surface area contributed by atoms with Crippen molar-refractivity contribution in [3.8, 4) is 0 Å². The molecule has 2 atom stereocenters. The van der Waals surface area contributed by atoms with Crippen molar-refractivity contribution in [2.45, 2.75) is 58.1 Å². The highest BCUT2D eigenvalue weighted by atomic mass is 16.5. The molecule has 0 aliphatic carbocycles. The average molecular weight is 345 g/mol. The van der Waals surface area contributed by atoms with Crippen molar-refractivity contribution in [3.63, 3.8) is 0 Å². The monoisotopic (exact) mass is 345 g/mol. The minimum Gasteiger partial charge on any atom is -0.465 e. The fourth-order valence-electron chi connectivity index (χ4n) is 1.73. The molecule has 0 rings (SSSR count). The van der Waals surface area contributed by atoms with Gasteiger partial charge in [-0.2, -0.15) is 0 Å². The molecule has 6 N–H and O–H groups in total. The smallest absolute Gasteiger partial charge is 0.323 e. The number of ether oxygens (including phenoxy) is 2. The summed E-state index contributed by atoms with van der Waals surface area (Å²) in [5.41, 5.74) is 15.7. The van der Waals surface area contributed by atoms with Crippen LogP contribution in [0.4, 0.5) is 0 Å². The van der Waals surface area contributed by atoms with Crippen molar-refractivity contribution in [1.29, 1.82) is 0 Å². The molecule has 24 heavy (non-hydrogen) atoms. The van der Waals surface area contributed by atoms with Gasteiger partial charge in [-0.25, -0.2) is 0 Å². The Morgan fingerprint density at radius 2 is 1.62 bits per heavy atom. The lowest BCUT2D eigenvalue weighted by atomic mass is 10.1. The molecule has 0 aromatic rings. The molecule has 0 aromatic heterocycles. The standard InChI is InChI=1S/C15H27N3O6/c1-9(2)14(18)15(22)23-7-3-4-13(21)24-10(8-12(17)20)5-6-11(16)19/h9-10,14H,3-8,18H2,1-2H3,(H2,16,19)(H2,17,20)/t10?,14-/m0/s1. The lowest BCUT2D eigenvalue weighted by molar-refractivity contribution is -0.153. The lowest BCUT2D eigenvalue weighted by Gasteiger charge is -2.16. The number of rotatable bonds is 12. The number of hydrogen-bond donors (Lipinski definition) is 3. The third-order valence-electron chi connectivity index (χ3n) is 3.20. The highest BCUT2D eigenvalue weighted by Crippen LogP contribution is 2.09. The van der Waals surface area contributed by atoms with Crippen LogP contribution in [0, 0.1) is 5.92 Å². The molecule has 0 radical (unpaired) electrons. The van der Waals surface area contributed by atoms with Gasteiger partial charge in [-0.3, -0.25) is 19.2 Å². The molecule has 0 aliphatic rings. The summed E-state index contributed by atoms with van der Waals surface area (Å²) in [5, 5.41) is 0. The Morgan fingerprint density at radius 3 is 2.12 bits per heavy atom. The van der Waals surface area contributed by atoms with Gasteiger partial charge in [0.1, 0.15) is 12.1 Å². The molecule has 9 heteroatoms. The molecule has 0 saturated carbocycles. The fraction of sp³-hybridized carbons (Fsp3) is 0.733. The van der Waals surface area contributed by atoms with Crippen molar-refractivity contribution in [1.82, 2.24) is 0 Å². The predicted molar refractivity (Wildman–Crippen MR) is 85.1 cm³/mol. The van der Waals surface area contributed by atoms with Gasteiger partial charge in [0.05, 0.1) is 13.0 Å². The largest absolute Gasteiger partial charge is 0.465 e. The van der Waals surface area contributed by atoms with Crippen LogP contribution in [-0.4, -0.2) is 42.5 Å².